The van der Waals surface area contributed by atoms with E-state index >= 15 is 0 Å². The van der Waals surface area contributed by atoms with E-state index in [4.69, 9.17) is 4.74 Å². The number of rotatable bonds is 9. The first-order valence-corrected chi connectivity index (χ1v) is 14.1. The molecule has 7 heteroatoms. The number of aromatic amines is 1. The second-order valence-electron chi connectivity index (χ2n) is 8.47. The molecule has 0 spiro atoms. The summed E-state index contributed by atoms with van der Waals surface area (Å²) in [5.74, 6) is 0.765. The van der Waals surface area contributed by atoms with E-state index in [9.17, 15) is 4.79 Å². The Hall–Kier alpha value is -3.58. The largest absolute Gasteiger partial charge is 1.00 e. The fourth-order valence-corrected chi connectivity index (χ4v) is 5.41. The molecule has 1 amide bonds. The molecule has 192 valence electrons. The van der Waals surface area contributed by atoms with Gasteiger partial charge >= 0.3 is 0 Å². The molecule has 2 N–H and O–H groups in total. The Kier molecular flexibility index (Phi) is 9.60. The van der Waals surface area contributed by atoms with E-state index in [1.54, 1.807) is 23.1 Å². The number of hydrogen-bond donors (Lipinski definition) is 1. The lowest BCUT2D eigenvalue weighted by Gasteiger charge is -2.14. The zero-order valence-corrected chi connectivity index (χ0v) is 23.2. The Morgan fingerprint density at radius 3 is 2.45 bits per heavy atom. The lowest BCUT2D eigenvalue weighted by Crippen LogP contribution is -3.00. The van der Waals surface area contributed by atoms with Crippen LogP contribution in [0.3, 0.4) is 0 Å². The van der Waals surface area contributed by atoms with Crippen LogP contribution in [-0.4, -0.2) is 12.2 Å². The molecule has 0 saturated heterocycles. The third-order valence-corrected chi connectivity index (χ3v) is 7.70. The van der Waals surface area contributed by atoms with E-state index in [1.165, 1.54) is 4.90 Å². The van der Waals surface area contributed by atoms with Gasteiger partial charge in [0.25, 0.3) is 5.91 Å². The predicted octanol–water partition coefficient (Wildman–Crippen LogP) is 4.13. The number of carbonyl (C=O) groups is 1. The van der Waals surface area contributed by atoms with Crippen molar-refractivity contribution in [3.8, 4) is 27.3 Å². The van der Waals surface area contributed by atoms with Crippen molar-refractivity contribution in [2.45, 2.75) is 18.0 Å². The smallest absolute Gasteiger partial charge is 0.251 e. The van der Waals surface area contributed by atoms with E-state index in [0.717, 1.165) is 38.4 Å². The summed E-state index contributed by atoms with van der Waals surface area (Å²) in [4.78, 5) is 18.0. The molecule has 2 heterocycles. The van der Waals surface area contributed by atoms with Crippen molar-refractivity contribution in [2.24, 2.45) is 0 Å². The van der Waals surface area contributed by atoms with Crippen molar-refractivity contribution in [2.75, 3.05) is 6.26 Å². The molecule has 0 aliphatic carbocycles. The molecule has 5 rings (SSSR count). The lowest BCUT2D eigenvalue weighted by molar-refractivity contribution is -0.378. The number of carbonyl (C=O) groups excluding carboxylic acids is 1. The quantitative estimate of drug-likeness (QED) is 0.277. The standard InChI is InChI=1S/C31H26N2O2S2.ClH/c1-36-26-13-14-29(35-21-22-6-3-2-4-7-22)28(18-26)27-15-17-37-30(27)24-9-11-25(12-10-24)31(34)33-20-23-8-5-16-32-19-23;/h2-19H,20-21H2,1H3,(H,33,34);1H. The van der Waals surface area contributed by atoms with E-state index in [2.05, 4.69) is 58.3 Å². The fourth-order valence-electron chi connectivity index (χ4n) is 4.05. The summed E-state index contributed by atoms with van der Waals surface area (Å²) < 4.78 is 6.29. The van der Waals surface area contributed by atoms with Crippen LogP contribution < -0.4 is 27.4 Å². The molecule has 2 aromatic heterocycles. The summed E-state index contributed by atoms with van der Waals surface area (Å²) in [5.41, 5.74) is 6.06. The van der Waals surface area contributed by atoms with Gasteiger partial charge in [-0.15, -0.1) is 23.1 Å². The molecule has 0 radical (unpaired) electrons. The topological polar surface area (TPSA) is 52.5 Å². The monoisotopic (exact) mass is 558 g/mol. The maximum atomic E-state index is 12.7. The summed E-state index contributed by atoms with van der Waals surface area (Å²) in [6.45, 7) is 0.987. The molecule has 38 heavy (non-hydrogen) atoms. The van der Waals surface area contributed by atoms with Crippen LogP contribution >= 0.6 is 23.1 Å². The number of aromatic nitrogens is 1. The van der Waals surface area contributed by atoms with Crippen LogP contribution in [0, 0.1) is 0 Å². The van der Waals surface area contributed by atoms with Crippen molar-refractivity contribution < 1.29 is 26.9 Å². The molecule has 0 unspecified atom stereocenters. The van der Waals surface area contributed by atoms with Gasteiger partial charge in [0.05, 0.1) is 0 Å². The zero-order valence-electron chi connectivity index (χ0n) is 20.8. The molecule has 0 atom stereocenters. The van der Waals surface area contributed by atoms with E-state index < -0.39 is 0 Å². The average molecular weight is 559 g/mol. The summed E-state index contributed by atoms with van der Waals surface area (Å²) >= 11 is 3.40. The molecular formula is C31H27ClN2O2S2. The molecule has 0 fully saturated rings. The summed E-state index contributed by atoms with van der Waals surface area (Å²) in [6, 6.07) is 30.4. The van der Waals surface area contributed by atoms with Crippen LogP contribution in [0.25, 0.3) is 21.6 Å². The van der Waals surface area contributed by atoms with Gasteiger partial charge in [-0.1, -0.05) is 42.5 Å². The Morgan fingerprint density at radius 1 is 0.921 bits per heavy atom. The van der Waals surface area contributed by atoms with Crippen molar-refractivity contribution in [3.63, 3.8) is 0 Å². The molecule has 0 aliphatic heterocycles. The molecule has 5 aromatic rings. The summed E-state index contributed by atoms with van der Waals surface area (Å²) in [6.07, 6.45) is 5.81. The van der Waals surface area contributed by atoms with Crippen molar-refractivity contribution in [3.05, 3.63) is 125 Å². The minimum absolute atomic E-state index is 0. The lowest BCUT2D eigenvalue weighted by atomic mass is 10.0. The second kappa shape index (κ2) is 13.3. The number of benzene rings is 3. The van der Waals surface area contributed by atoms with Crippen molar-refractivity contribution in [1.29, 1.82) is 0 Å². The van der Waals surface area contributed by atoms with Crippen LogP contribution in [0.4, 0.5) is 0 Å². The van der Waals surface area contributed by atoms with Gasteiger partial charge in [-0.25, -0.2) is 4.98 Å². The first-order chi connectivity index (χ1) is 18.2. The van der Waals surface area contributed by atoms with Crippen LogP contribution in [0.5, 0.6) is 5.75 Å². The number of nitrogens with one attached hydrogen (secondary N) is 2. The van der Waals surface area contributed by atoms with Gasteiger partial charge in [-0.3, -0.25) is 4.79 Å². The Bertz CT molecular complexity index is 1470. The number of ether oxygens (including phenoxy) is 1. The highest BCUT2D eigenvalue weighted by atomic mass is 35.5. The second-order valence-corrected chi connectivity index (χ2v) is 10.3. The number of hydrogen-bond acceptors (Lipinski definition) is 4. The SMILES string of the molecule is CSc1ccc(OCc2ccccc2)c(-c2ccsc2-c2ccc(C(=O)NCc3ccc[nH+]c3)cc2)c1.[Cl-]. The maximum absolute atomic E-state index is 12.7. The first kappa shape index (κ1) is 27.5. The highest BCUT2D eigenvalue weighted by Crippen LogP contribution is 2.42. The van der Waals surface area contributed by atoms with Gasteiger partial charge in [0.2, 0.25) is 0 Å². The maximum Gasteiger partial charge on any atom is 0.251 e. The number of amides is 1. The number of halogens is 1. The van der Waals surface area contributed by atoms with Crippen LogP contribution in [0.2, 0.25) is 0 Å². The molecule has 0 bridgehead atoms. The van der Waals surface area contributed by atoms with Gasteiger partial charge in [0.15, 0.2) is 12.4 Å². The van der Waals surface area contributed by atoms with Crippen molar-refractivity contribution >= 4 is 29.0 Å². The molecule has 4 nitrogen and oxygen atoms in total. The molecular weight excluding hydrogens is 532 g/mol. The van der Waals surface area contributed by atoms with Gasteiger partial charge in [-0.05, 0) is 65.2 Å². The highest BCUT2D eigenvalue weighted by molar-refractivity contribution is 7.98. The van der Waals surface area contributed by atoms with Crippen LogP contribution in [-0.2, 0) is 13.2 Å². The normalized spacial score (nSPS) is 10.4. The third-order valence-electron chi connectivity index (χ3n) is 6.01. The fraction of sp³-hybridized carbons (Fsp3) is 0.0968. The van der Waals surface area contributed by atoms with E-state index in [1.807, 2.05) is 67.0 Å². The minimum Gasteiger partial charge on any atom is -1.00 e. The Morgan fingerprint density at radius 2 is 1.71 bits per heavy atom. The van der Waals surface area contributed by atoms with Gasteiger partial charge in [-0.2, -0.15) is 0 Å². The van der Waals surface area contributed by atoms with Crippen LogP contribution in [0.1, 0.15) is 21.5 Å². The van der Waals surface area contributed by atoms with Gasteiger partial charge in [0, 0.05) is 44.6 Å². The predicted molar refractivity (Wildman–Crippen MR) is 152 cm³/mol. The number of thioether (sulfide) groups is 1. The number of pyridine rings is 1. The number of H-pyrrole nitrogens is 1. The summed E-state index contributed by atoms with van der Waals surface area (Å²) in [7, 11) is 0. The summed E-state index contributed by atoms with van der Waals surface area (Å²) in [5, 5.41) is 5.09. The minimum atomic E-state index is -0.0916. The van der Waals surface area contributed by atoms with Crippen molar-refractivity contribution in [1.82, 2.24) is 5.32 Å². The molecule has 0 aliphatic rings. The third kappa shape index (κ3) is 6.64. The zero-order chi connectivity index (χ0) is 25.5. The average Bonchev–Trinajstić information content (AvgIpc) is 3.46. The Balaban J connectivity index is 0.00000336. The van der Waals surface area contributed by atoms with E-state index in [0.29, 0.717) is 18.7 Å². The van der Waals surface area contributed by atoms with Crippen LogP contribution in [0.15, 0.2) is 114 Å². The molecule has 3 aromatic carbocycles. The Labute approximate surface area is 237 Å². The number of thiophene rings is 1. The van der Waals surface area contributed by atoms with E-state index in [-0.39, 0.29) is 18.3 Å². The molecule has 0 saturated carbocycles. The first-order valence-electron chi connectivity index (χ1n) is 12.0. The highest BCUT2D eigenvalue weighted by Gasteiger charge is 2.16. The van der Waals surface area contributed by atoms with Gasteiger partial charge in [0.1, 0.15) is 12.4 Å². The van der Waals surface area contributed by atoms with Gasteiger partial charge < -0.3 is 22.5 Å².